The van der Waals surface area contributed by atoms with Gasteiger partial charge in [0.15, 0.2) is 0 Å². The Balaban J connectivity index is 0. The zero-order valence-corrected chi connectivity index (χ0v) is 19.9. The Morgan fingerprint density at radius 1 is 0.633 bits per heavy atom. The first-order chi connectivity index (χ1) is 12.6. The molecule has 0 spiro atoms. The first kappa shape index (κ1) is 31.3. The van der Waals surface area contributed by atoms with Gasteiger partial charge in [0, 0.05) is 0 Å². The van der Waals surface area contributed by atoms with E-state index in [1.807, 2.05) is 0 Å². The summed E-state index contributed by atoms with van der Waals surface area (Å²) in [5, 5.41) is 57.5. The molecular weight excluding hydrogens is 523 g/mol. The van der Waals surface area contributed by atoms with Crippen LogP contribution in [0.5, 0.6) is 0 Å². The number of phosphoric ester groups is 1. The van der Waals surface area contributed by atoms with Gasteiger partial charge in [-0.3, -0.25) is 0 Å². The normalized spacial score (nSPS) is 38.6. The first-order valence-corrected chi connectivity index (χ1v) is 12.7. The Labute approximate surface area is 189 Å². The smallest absolute Gasteiger partial charge is 1.00 e. The minimum atomic E-state index is -6.27. The van der Waals surface area contributed by atoms with Crippen molar-refractivity contribution in [2.24, 2.45) is 0 Å². The predicted octanol–water partition coefficient (Wildman–Crippen LogP) is -6.93. The van der Waals surface area contributed by atoms with Gasteiger partial charge in [-0.05, 0) is 0 Å². The molecule has 11 N–H and O–H groups in total. The summed E-state index contributed by atoms with van der Waals surface area (Å²) in [6.07, 6.45) is -12.9. The third kappa shape index (κ3) is 8.27. The van der Waals surface area contributed by atoms with Gasteiger partial charge in [0.2, 0.25) is 5.79 Å². The van der Waals surface area contributed by atoms with E-state index in [9.17, 15) is 53.8 Å². The van der Waals surface area contributed by atoms with Gasteiger partial charge in [-0.2, -0.15) is 12.9 Å². The van der Waals surface area contributed by atoms with Crippen LogP contribution in [0, 0.1) is 0 Å². The van der Waals surface area contributed by atoms with Gasteiger partial charge in [0.25, 0.3) is 0 Å². The van der Waals surface area contributed by atoms with E-state index >= 15 is 0 Å². The van der Waals surface area contributed by atoms with E-state index in [2.05, 4.69) is 17.5 Å². The summed E-state index contributed by atoms with van der Waals surface area (Å²) in [5.41, 5.74) is 0. The monoisotopic (exact) mass is 540 g/mol. The van der Waals surface area contributed by atoms with Crippen LogP contribution in [-0.2, 0) is 35.7 Å². The molecule has 0 bridgehead atoms. The van der Waals surface area contributed by atoms with Gasteiger partial charge in [-0.15, -0.1) is 0 Å². The molecule has 0 amide bonds. The van der Waals surface area contributed by atoms with E-state index in [4.69, 9.17) is 19.6 Å². The number of aliphatic hydroxyl groups excluding tert-OH is 5. The maximum atomic E-state index is 11.8. The number of rotatable bonds is 8. The SMILES string of the molecule is O=P(O)(O)OP(=O)(O)OP(=O)(O)OP(=O)(O)OC1(O)[C@H](O)[C@H](O)C(O)[C@H](O)[C@H]1O.[H-].[Na+]. The molecule has 0 saturated heterocycles. The van der Waals surface area contributed by atoms with Crippen molar-refractivity contribution >= 4 is 31.3 Å². The molecule has 0 heterocycles. The fraction of sp³-hybridized carbons (Fsp3) is 1.00. The molecule has 0 aromatic heterocycles. The molecule has 1 rings (SSSR count). The second kappa shape index (κ2) is 10.3. The molecule has 176 valence electrons. The van der Waals surface area contributed by atoms with Crippen molar-refractivity contribution in [3.63, 3.8) is 0 Å². The summed E-state index contributed by atoms with van der Waals surface area (Å²) in [6, 6.07) is 0. The Morgan fingerprint density at radius 2 is 0.967 bits per heavy atom. The van der Waals surface area contributed by atoms with E-state index in [0.717, 1.165) is 0 Å². The zero-order chi connectivity index (χ0) is 23.2. The summed E-state index contributed by atoms with van der Waals surface area (Å²) in [7, 11) is -24.4. The Bertz CT molecular complexity index is 784. The van der Waals surface area contributed by atoms with Gasteiger partial charge >= 0.3 is 60.8 Å². The predicted molar refractivity (Wildman–Crippen MR) is 82.0 cm³/mol. The summed E-state index contributed by atoms with van der Waals surface area (Å²) in [6.45, 7) is 0. The summed E-state index contributed by atoms with van der Waals surface area (Å²) in [5.74, 6) is -3.83. The number of aliphatic hydroxyl groups is 6. The molecule has 1 aliphatic rings. The molecular formula is C6H17NaO19P4. The van der Waals surface area contributed by atoms with Gasteiger partial charge in [-0.25, -0.2) is 22.8 Å². The molecule has 1 fully saturated rings. The molecule has 19 nitrogen and oxygen atoms in total. The topological polar surface area (TPSA) is 328 Å². The number of hydrogen-bond donors (Lipinski definition) is 11. The largest absolute Gasteiger partial charge is 1.00 e. The fourth-order valence-corrected chi connectivity index (χ4v) is 6.63. The van der Waals surface area contributed by atoms with E-state index in [-0.39, 0.29) is 31.0 Å². The Hall–Kier alpha value is 1.32. The van der Waals surface area contributed by atoms with Crippen molar-refractivity contribution in [3.05, 3.63) is 0 Å². The van der Waals surface area contributed by atoms with Crippen molar-refractivity contribution in [2.45, 2.75) is 36.3 Å². The van der Waals surface area contributed by atoms with Gasteiger partial charge in [0.05, 0.1) is 0 Å². The van der Waals surface area contributed by atoms with Crippen LogP contribution in [0.15, 0.2) is 0 Å². The van der Waals surface area contributed by atoms with E-state index in [1.165, 1.54) is 0 Å². The minimum Gasteiger partial charge on any atom is -1.00 e. The van der Waals surface area contributed by atoms with E-state index in [1.54, 1.807) is 0 Å². The molecule has 24 heteroatoms. The van der Waals surface area contributed by atoms with Crippen molar-refractivity contribution in [1.82, 2.24) is 0 Å². The van der Waals surface area contributed by atoms with Crippen molar-refractivity contribution in [2.75, 3.05) is 0 Å². The van der Waals surface area contributed by atoms with Crippen LogP contribution in [0.2, 0.25) is 0 Å². The molecule has 1 saturated carbocycles. The number of phosphoric acid groups is 4. The average molecular weight is 540 g/mol. The van der Waals surface area contributed by atoms with Crippen LogP contribution in [0.4, 0.5) is 0 Å². The van der Waals surface area contributed by atoms with Crippen LogP contribution in [-0.4, -0.2) is 91.4 Å². The molecule has 9 atom stereocenters. The Kier molecular flexibility index (Phi) is 10.7. The van der Waals surface area contributed by atoms with Gasteiger partial charge in [0.1, 0.15) is 30.5 Å². The molecule has 0 aliphatic heterocycles. The third-order valence-electron chi connectivity index (χ3n) is 3.08. The van der Waals surface area contributed by atoms with Crippen LogP contribution in [0.1, 0.15) is 1.43 Å². The van der Waals surface area contributed by atoms with Crippen molar-refractivity contribution in [3.8, 4) is 0 Å². The van der Waals surface area contributed by atoms with E-state index in [0.29, 0.717) is 0 Å². The molecule has 30 heavy (non-hydrogen) atoms. The minimum absolute atomic E-state index is 0. The zero-order valence-electron chi connectivity index (χ0n) is 15.4. The van der Waals surface area contributed by atoms with Crippen LogP contribution in [0.25, 0.3) is 0 Å². The van der Waals surface area contributed by atoms with E-state index < -0.39 is 67.6 Å². The summed E-state index contributed by atoms with van der Waals surface area (Å²) in [4.78, 5) is 44.2. The van der Waals surface area contributed by atoms with Gasteiger partial charge in [-0.1, -0.05) is 0 Å². The molecule has 0 aromatic rings. The van der Waals surface area contributed by atoms with Gasteiger partial charge < -0.3 is 56.5 Å². The Morgan fingerprint density at radius 3 is 1.33 bits per heavy atom. The summed E-state index contributed by atoms with van der Waals surface area (Å²) >= 11 is 0. The number of hydrogen-bond acceptors (Lipinski definition) is 14. The maximum absolute atomic E-state index is 11.8. The maximum Gasteiger partial charge on any atom is 1.00 e. The second-order valence-corrected chi connectivity index (χ2v) is 11.3. The van der Waals surface area contributed by atoms with Crippen LogP contribution < -0.4 is 29.6 Å². The molecule has 0 aromatic carbocycles. The molecule has 0 radical (unpaired) electrons. The first-order valence-electron chi connectivity index (χ1n) is 6.64. The fourth-order valence-electron chi connectivity index (χ4n) is 1.97. The molecule has 1 aliphatic carbocycles. The van der Waals surface area contributed by atoms with Crippen molar-refractivity contribution < 1.29 is 122 Å². The average Bonchev–Trinajstić information content (AvgIpc) is 2.44. The third-order valence-corrected chi connectivity index (χ3v) is 8.58. The summed E-state index contributed by atoms with van der Waals surface area (Å²) < 4.78 is 58.7. The van der Waals surface area contributed by atoms with Crippen LogP contribution >= 0.6 is 31.3 Å². The second-order valence-electron chi connectivity index (χ2n) is 5.35. The van der Waals surface area contributed by atoms with Crippen molar-refractivity contribution in [1.29, 1.82) is 0 Å². The standard InChI is InChI=1S/C6H16O19P4.Na.H/c7-1-2(8)4(10)6(12,5(11)3(1)9)22-27(16,17)24-29(20,21)25-28(18,19)23-26(13,14)15;;/h1-5,7-12H,(H,16,17)(H,18,19)(H,20,21)(H2,13,14,15);;/q;+1;-1/t1?,2-,3+,4-,5-,6?;;/m1../s1. The van der Waals surface area contributed by atoms with Crippen LogP contribution in [0.3, 0.4) is 0 Å². The quantitative estimate of drug-likeness (QED) is 0.0774. The molecule has 5 unspecified atom stereocenters.